The molecule has 0 radical (unpaired) electrons. The highest BCUT2D eigenvalue weighted by atomic mass is 16.2. The molecule has 2 amide bonds. The Morgan fingerprint density at radius 1 is 1.23 bits per heavy atom. The fraction of sp³-hybridized carbons (Fsp3) is 0.778. The predicted octanol–water partition coefficient (Wildman–Crippen LogP) is 0.0876. The molecule has 0 aromatic carbocycles. The summed E-state index contributed by atoms with van der Waals surface area (Å²) in [5, 5.41) is 0. The number of nitrogens with zero attached hydrogens (tertiary/aromatic N) is 2. The first kappa shape index (κ1) is 12.1. The minimum absolute atomic E-state index is 0.00611. The third-order valence-corrected chi connectivity index (χ3v) is 2.27. The van der Waals surface area contributed by atoms with E-state index in [0.29, 0.717) is 6.54 Å². The average Bonchev–Trinajstić information content (AvgIpc) is 2.04. The van der Waals surface area contributed by atoms with E-state index in [1.54, 1.807) is 14.1 Å². The summed E-state index contributed by atoms with van der Waals surface area (Å²) in [7, 11) is 6.93. The molecule has 0 rings (SSSR count). The maximum absolute atomic E-state index is 11.5. The van der Waals surface area contributed by atoms with Crippen LogP contribution in [0.1, 0.15) is 13.3 Å². The summed E-state index contributed by atoms with van der Waals surface area (Å²) >= 11 is 0. The van der Waals surface area contributed by atoms with Crippen LogP contribution < -0.4 is 0 Å². The number of amides is 2. The van der Waals surface area contributed by atoms with Gasteiger partial charge in [0.2, 0.25) is 5.91 Å². The van der Waals surface area contributed by atoms with Crippen LogP contribution >= 0.6 is 0 Å². The van der Waals surface area contributed by atoms with Crippen molar-refractivity contribution < 1.29 is 14.1 Å². The van der Waals surface area contributed by atoms with Gasteiger partial charge in [-0.1, -0.05) is 0 Å². The van der Waals surface area contributed by atoms with Crippen LogP contribution in [0.25, 0.3) is 0 Å². The number of carbonyl (C=O) groups excluding carboxylic acids is 2. The lowest BCUT2D eigenvalue weighted by molar-refractivity contribution is -0.811. The first-order chi connectivity index (χ1) is 5.81. The van der Waals surface area contributed by atoms with E-state index in [4.69, 9.17) is 0 Å². The highest BCUT2D eigenvalue weighted by molar-refractivity contribution is 5.93. The van der Waals surface area contributed by atoms with Gasteiger partial charge in [-0.05, 0) is 6.92 Å². The molecule has 0 heterocycles. The zero-order valence-corrected chi connectivity index (χ0v) is 9.13. The standard InChI is InChI=1S/C9H19N2O2/c1-6-11(4,5)9(13)7-8(12)10(2)3/h6-7H2,1-5H3/q+1. The number of carbonyl (C=O) groups is 2. The van der Waals surface area contributed by atoms with Crippen LogP contribution in [0.2, 0.25) is 0 Å². The Hall–Kier alpha value is -0.900. The van der Waals surface area contributed by atoms with Crippen LogP contribution in [-0.4, -0.2) is 55.9 Å². The van der Waals surface area contributed by atoms with Crippen LogP contribution in [0.4, 0.5) is 0 Å². The Balaban J connectivity index is 4.24. The van der Waals surface area contributed by atoms with Gasteiger partial charge in [0.1, 0.15) is 6.42 Å². The highest BCUT2D eigenvalue weighted by Crippen LogP contribution is 2.02. The predicted molar refractivity (Wildman–Crippen MR) is 51.0 cm³/mol. The van der Waals surface area contributed by atoms with Gasteiger partial charge < -0.3 is 4.90 Å². The quantitative estimate of drug-likeness (QED) is 0.464. The summed E-state index contributed by atoms with van der Waals surface area (Å²) in [5.41, 5.74) is 0. The van der Waals surface area contributed by atoms with Gasteiger partial charge in [-0.15, -0.1) is 0 Å². The van der Waals surface area contributed by atoms with Crippen molar-refractivity contribution in [3.8, 4) is 0 Å². The molecule has 13 heavy (non-hydrogen) atoms. The van der Waals surface area contributed by atoms with Gasteiger partial charge in [0.05, 0.1) is 20.6 Å². The van der Waals surface area contributed by atoms with Gasteiger partial charge in [0.25, 0.3) is 0 Å². The van der Waals surface area contributed by atoms with E-state index in [1.165, 1.54) is 4.90 Å². The van der Waals surface area contributed by atoms with Crippen molar-refractivity contribution in [1.29, 1.82) is 0 Å². The van der Waals surface area contributed by atoms with Crippen LogP contribution in [0.15, 0.2) is 0 Å². The molecule has 0 bridgehead atoms. The molecule has 0 saturated carbocycles. The summed E-state index contributed by atoms with van der Waals surface area (Å²) in [5.74, 6) is -0.175. The maximum Gasteiger partial charge on any atom is 0.322 e. The number of hydrogen-bond acceptors (Lipinski definition) is 2. The van der Waals surface area contributed by atoms with Crippen molar-refractivity contribution in [2.45, 2.75) is 13.3 Å². The molecule has 0 aliphatic heterocycles. The van der Waals surface area contributed by atoms with E-state index in [-0.39, 0.29) is 22.7 Å². The summed E-state index contributed by atoms with van der Waals surface area (Å²) in [6.07, 6.45) is -0.00611. The molecule has 4 heteroatoms. The molecule has 0 aromatic rings. The molecular weight excluding hydrogens is 168 g/mol. The molecule has 0 aliphatic carbocycles. The van der Waals surface area contributed by atoms with Gasteiger partial charge in [-0.2, -0.15) is 0 Å². The van der Waals surface area contributed by atoms with E-state index >= 15 is 0 Å². The van der Waals surface area contributed by atoms with Gasteiger partial charge in [-0.25, -0.2) is 4.79 Å². The first-order valence-electron chi connectivity index (χ1n) is 4.37. The third kappa shape index (κ3) is 3.55. The first-order valence-corrected chi connectivity index (χ1v) is 4.37. The van der Waals surface area contributed by atoms with E-state index in [9.17, 15) is 9.59 Å². The second-order valence-electron chi connectivity index (χ2n) is 3.86. The van der Waals surface area contributed by atoms with Crippen molar-refractivity contribution in [3.63, 3.8) is 0 Å². The van der Waals surface area contributed by atoms with E-state index in [0.717, 1.165) is 0 Å². The van der Waals surface area contributed by atoms with E-state index < -0.39 is 0 Å². The lowest BCUT2D eigenvalue weighted by atomic mass is 10.3. The maximum atomic E-state index is 11.5. The van der Waals surface area contributed by atoms with Crippen molar-refractivity contribution in [1.82, 2.24) is 4.90 Å². The topological polar surface area (TPSA) is 37.4 Å². The molecule has 4 nitrogen and oxygen atoms in total. The molecule has 0 fully saturated rings. The van der Waals surface area contributed by atoms with Crippen LogP contribution in [0.5, 0.6) is 0 Å². The van der Waals surface area contributed by atoms with Gasteiger partial charge in [0, 0.05) is 14.1 Å². The van der Waals surface area contributed by atoms with Crippen molar-refractivity contribution >= 4 is 11.8 Å². The normalized spacial score (nSPS) is 11.2. The summed E-state index contributed by atoms with van der Waals surface area (Å²) in [6.45, 7) is 2.64. The largest absolute Gasteiger partial charge is 0.348 e. The van der Waals surface area contributed by atoms with Gasteiger partial charge >= 0.3 is 5.91 Å². The summed E-state index contributed by atoms with van der Waals surface area (Å²) < 4.78 is 0.263. The van der Waals surface area contributed by atoms with E-state index in [1.807, 2.05) is 21.0 Å². The van der Waals surface area contributed by atoms with Crippen LogP contribution in [0.3, 0.4) is 0 Å². The van der Waals surface area contributed by atoms with Crippen molar-refractivity contribution in [2.24, 2.45) is 0 Å². The molecule has 0 N–H and O–H groups in total. The molecule has 76 valence electrons. The Morgan fingerprint density at radius 2 is 1.69 bits per heavy atom. The minimum atomic E-state index is -0.135. The zero-order chi connectivity index (χ0) is 10.6. The minimum Gasteiger partial charge on any atom is -0.348 e. The monoisotopic (exact) mass is 187 g/mol. The molecule has 0 saturated heterocycles. The fourth-order valence-electron chi connectivity index (χ4n) is 0.678. The SMILES string of the molecule is CC[N+](C)(C)C(=O)CC(=O)N(C)C. The van der Waals surface area contributed by atoms with Gasteiger partial charge in [0.15, 0.2) is 0 Å². The lowest BCUT2D eigenvalue weighted by Gasteiger charge is -2.25. The zero-order valence-electron chi connectivity index (χ0n) is 9.13. The molecule has 0 aliphatic rings. The Kier molecular flexibility index (Phi) is 4.07. The molecule has 0 unspecified atom stereocenters. The molecule has 0 aromatic heterocycles. The van der Waals surface area contributed by atoms with Crippen LogP contribution in [0, 0.1) is 0 Å². The van der Waals surface area contributed by atoms with Crippen molar-refractivity contribution in [2.75, 3.05) is 34.7 Å². The molecule has 0 spiro atoms. The Bertz CT molecular complexity index is 210. The smallest absolute Gasteiger partial charge is 0.322 e. The molecular formula is C9H19N2O2+. The second kappa shape index (κ2) is 4.37. The average molecular weight is 187 g/mol. The van der Waals surface area contributed by atoms with Crippen LogP contribution in [-0.2, 0) is 9.59 Å². The lowest BCUT2D eigenvalue weighted by Crippen LogP contribution is -2.47. The highest BCUT2D eigenvalue weighted by Gasteiger charge is 2.26. The third-order valence-electron chi connectivity index (χ3n) is 2.27. The van der Waals surface area contributed by atoms with Crippen molar-refractivity contribution in [3.05, 3.63) is 0 Å². The number of quaternary nitrogens is 1. The Labute approximate surface area is 79.7 Å². The second-order valence-corrected chi connectivity index (χ2v) is 3.86. The van der Waals surface area contributed by atoms with Gasteiger partial charge in [-0.3, -0.25) is 9.28 Å². The summed E-state index contributed by atoms with van der Waals surface area (Å²) in [4.78, 5) is 24.2. The van der Waals surface area contributed by atoms with E-state index in [2.05, 4.69) is 0 Å². The fourth-order valence-corrected chi connectivity index (χ4v) is 0.678. The number of rotatable bonds is 3. The number of hydrogen-bond donors (Lipinski definition) is 0. The summed E-state index contributed by atoms with van der Waals surface area (Å²) in [6, 6.07) is 0. The Morgan fingerprint density at radius 3 is 2.00 bits per heavy atom. The molecule has 0 atom stereocenters.